The van der Waals surface area contributed by atoms with Gasteiger partial charge in [0.15, 0.2) is 6.10 Å². The van der Waals surface area contributed by atoms with Gasteiger partial charge in [-0.05, 0) is 56.0 Å². The van der Waals surface area contributed by atoms with Crippen LogP contribution in [0.1, 0.15) is 31.7 Å². The first-order chi connectivity index (χ1) is 16.6. The van der Waals surface area contributed by atoms with E-state index in [9.17, 15) is 14.7 Å². The minimum Gasteiger partial charge on any atom is -0.492 e. The van der Waals surface area contributed by atoms with Gasteiger partial charge in [-0.2, -0.15) is 0 Å². The molecule has 1 unspecified atom stereocenters. The summed E-state index contributed by atoms with van der Waals surface area (Å²) in [7, 11) is 0. The molecule has 0 amide bonds. The number of carboxylic acid groups (broad SMARTS) is 1. The molecule has 0 bridgehead atoms. The molecule has 1 fully saturated rings. The Morgan fingerprint density at radius 3 is 2.49 bits per heavy atom. The summed E-state index contributed by atoms with van der Waals surface area (Å²) in [6, 6.07) is 14.8. The predicted octanol–water partition coefficient (Wildman–Crippen LogP) is 3.12. The molecular weight excluding hydrogens is 459 g/mol. The molecule has 35 heavy (non-hydrogen) atoms. The fraction of sp³-hybridized carbons (Fsp3) is 0.423. The van der Waals surface area contributed by atoms with E-state index >= 15 is 0 Å². The fourth-order valence-electron chi connectivity index (χ4n) is 4.30. The monoisotopic (exact) mass is 489 g/mol. The first kappa shape index (κ1) is 27.0. The number of rotatable bonds is 10. The van der Waals surface area contributed by atoms with Crippen LogP contribution < -0.4 is 15.2 Å². The van der Waals surface area contributed by atoms with Gasteiger partial charge in [0.25, 0.3) is 5.56 Å². The molecule has 0 radical (unpaired) electrons. The van der Waals surface area contributed by atoms with Gasteiger partial charge in [-0.1, -0.05) is 24.3 Å². The van der Waals surface area contributed by atoms with Gasteiger partial charge in [0.2, 0.25) is 5.95 Å². The summed E-state index contributed by atoms with van der Waals surface area (Å²) in [4.78, 5) is 31.6. The Morgan fingerprint density at radius 1 is 1.09 bits per heavy atom. The number of fused-ring (bicyclic) bond motifs is 1. The van der Waals surface area contributed by atoms with Crippen molar-refractivity contribution < 1.29 is 19.4 Å². The fourth-order valence-corrected chi connectivity index (χ4v) is 4.30. The Bertz CT molecular complexity index is 1180. The first-order valence-electron chi connectivity index (χ1n) is 11.9. The number of carbonyl (C=O) groups is 1. The predicted molar refractivity (Wildman–Crippen MR) is 137 cm³/mol. The summed E-state index contributed by atoms with van der Waals surface area (Å²) in [5.74, 6) is 0.396. The van der Waals surface area contributed by atoms with Gasteiger partial charge >= 0.3 is 29.0 Å². The van der Waals surface area contributed by atoms with E-state index in [2.05, 4.69) is 4.90 Å². The Kier molecular flexibility index (Phi) is 9.94. The third-order valence-electron chi connectivity index (χ3n) is 6.05. The van der Waals surface area contributed by atoms with Crippen molar-refractivity contribution in [2.24, 2.45) is 0 Å². The van der Waals surface area contributed by atoms with E-state index < -0.39 is 12.1 Å². The van der Waals surface area contributed by atoms with E-state index in [0.29, 0.717) is 48.8 Å². The van der Waals surface area contributed by atoms with Crippen LogP contribution in [0.4, 0.5) is 5.95 Å². The smallest absolute Gasteiger partial charge is 0.492 e. The topological polar surface area (TPSA) is 93.9 Å². The van der Waals surface area contributed by atoms with Gasteiger partial charge < -0.3 is 19.5 Å². The number of anilines is 1. The summed E-state index contributed by atoms with van der Waals surface area (Å²) in [5, 5.41) is 9.87. The zero-order valence-electron chi connectivity index (χ0n) is 20.2. The molecule has 1 saturated heterocycles. The molecule has 8 nitrogen and oxygen atoms in total. The Balaban J connectivity index is 0.00000342. The van der Waals surface area contributed by atoms with Crippen LogP contribution >= 0.6 is 0 Å². The summed E-state index contributed by atoms with van der Waals surface area (Å²) >= 11 is 0. The molecule has 180 valence electrons. The number of para-hydroxylation sites is 1. The third kappa shape index (κ3) is 6.74. The Labute approximate surface area is 221 Å². The number of nitrogens with zero attached hydrogens (tertiary/aromatic N) is 3. The first-order valence-corrected chi connectivity index (χ1v) is 11.9. The van der Waals surface area contributed by atoms with Crippen LogP contribution in [0.5, 0.6) is 5.75 Å². The van der Waals surface area contributed by atoms with Gasteiger partial charge in [0, 0.05) is 26.1 Å². The summed E-state index contributed by atoms with van der Waals surface area (Å²) in [6.07, 6.45) is 2.82. The molecule has 1 N–H and O–H groups in total. The maximum Gasteiger partial charge on any atom is 2.00 e. The van der Waals surface area contributed by atoms with E-state index in [1.54, 1.807) is 11.5 Å². The van der Waals surface area contributed by atoms with E-state index in [1.807, 2.05) is 48.5 Å². The van der Waals surface area contributed by atoms with E-state index in [-0.39, 0.29) is 28.6 Å². The van der Waals surface area contributed by atoms with Crippen LogP contribution in [0.15, 0.2) is 53.3 Å². The van der Waals surface area contributed by atoms with Gasteiger partial charge in [-0.3, -0.25) is 9.36 Å². The Morgan fingerprint density at radius 2 is 1.80 bits per heavy atom. The largest absolute Gasteiger partial charge is 2.00 e. The third-order valence-corrected chi connectivity index (χ3v) is 6.05. The SMILES string of the molecule is CCOC(Cc1ccc(OCCn2c(N3CCCCC3)nc3ccccc3c2=O)cc1)C(=O)O.[Mg+2]. The van der Waals surface area contributed by atoms with Crippen molar-refractivity contribution in [3.05, 3.63) is 64.4 Å². The van der Waals surface area contributed by atoms with Gasteiger partial charge in [-0.15, -0.1) is 0 Å². The minimum atomic E-state index is -0.971. The van der Waals surface area contributed by atoms with Crippen LogP contribution in [0.2, 0.25) is 0 Å². The molecule has 9 heteroatoms. The molecule has 0 spiro atoms. The second-order valence-electron chi connectivity index (χ2n) is 8.41. The number of benzene rings is 2. The van der Waals surface area contributed by atoms with Crippen LogP contribution in [-0.2, 0) is 22.5 Å². The molecule has 1 atom stereocenters. The molecule has 2 heterocycles. The second-order valence-corrected chi connectivity index (χ2v) is 8.41. The van der Waals surface area contributed by atoms with Crippen LogP contribution in [-0.4, -0.2) is 76.1 Å². The van der Waals surface area contributed by atoms with Crippen molar-refractivity contribution in [3.8, 4) is 5.75 Å². The number of piperidine rings is 1. The molecule has 1 aliphatic rings. The number of hydrogen-bond donors (Lipinski definition) is 1. The molecule has 0 aliphatic carbocycles. The zero-order valence-corrected chi connectivity index (χ0v) is 21.6. The molecule has 4 rings (SSSR count). The van der Waals surface area contributed by atoms with E-state index in [4.69, 9.17) is 14.5 Å². The maximum atomic E-state index is 13.3. The van der Waals surface area contributed by atoms with Crippen molar-refractivity contribution >= 4 is 45.9 Å². The minimum absolute atomic E-state index is 0. The molecule has 1 aliphatic heterocycles. The summed E-state index contributed by atoms with van der Waals surface area (Å²) in [6.45, 7) is 4.62. The van der Waals surface area contributed by atoms with Crippen LogP contribution in [0, 0.1) is 0 Å². The van der Waals surface area contributed by atoms with Crippen molar-refractivity contribution in [1.29, 1.82) is 0 Å². The van der Waals surface area contributed by atoms with Crippen molar-refractivity contribution in [2.75, 3.05) is 31.2 Å². The average Bonchev–Trinajstić information content (AvgIpc) is 2.86. The number of aliphatic carboxylic acids is 1. The number of hydrogen-bond acceptors (Lipinski definition) is 6. The normalized spacial score (nSPS) is 14.4. The van der Waals surface area contributed by atoms with Crippen LogP contribution in [0.3, 0.4) is 0 Å². The van der Waals surface area contributed by atoms with Gasteiger partial charge in [0.1, 0.15) is 12.4 Å². The summed E-state index contributed by atoms with van der Waals surface area (Å²) in [5.41, 5.74) is 1.52. The number of aromatic nitrogens is 2. The van der Waals surface area contributed by atoms with Gasteiger partial charge in [0.05, 0.1) is 17.4 Å². The standard InChI is InChI=1S/C26H31N3O5.Mg/c1-2-33-23(25(31)32)18-19-10-12-20(13-11-19)34-17-16-29-24(30)21-8-4-5-9-22(21)27-26(29)28-14-6-3-7-15-28;/h4-5,8-13,23H,2-3,6-7,14-18H2,1H3,(H,31,32);/q;+2. The molecule has 3 aromatic rings. The molecular formula is C26H31MgN3O5+2. The molecule has 1 aromatic heterocycles. The van der Waals surface area contributed by atoms with Gasteiger partial charge in [-0.25, -0.2) is 9.78 Å². The maximum absolute atomic E-state index is 13.3. The van der Waals surface area contributed by atoms with Crippen molar-refractivity contribution in [2.45, 2.75) is 45.3 Å². The summed E-state index contributed by atoms with van der Waals surface area (Å²) < 4.78 is 12.9. The van der Waals surface area contributed by atoms with E-state index in [1.165, 1.54) is 6.42 Å². The Hall–Kier alpha value is -2.62. The second kappa shape index (κ2) is 12.9. The quantitative estimate of drug-likeness (QED) is 0.437. The number of carboxylic acids is 1. The van der Waals surface area contributed by atoms with E-state index in [0.717, 1.165) is 31.5 Å². The van der Waals surface area contributed by atoms with Crippen molar-refractivity contribution in [1.82, 2.24) is 9.55 Å². The number of ether oxygens (including phenoxy) is 2. The van der Waals surface area contributed by atoms with Crippen molar-refractivity contribution in [3.63, 3.8) is 0 Å². The zero-order chi connectivity index (χ0) is 23.9. The molecule has 0 saturated carbocycles. The van der Waals surface area contributed by atoms with Crippen LogP contribution in [0.25, 0.3) is 10.9 Å². The molecule has 2 aromatic carbocycles. The average molecular weight is 490 g/mol.